The number of anilines is 22. The zero-order valence-corrected chi connectivity index (χ0v) is 95.5. The van der Waals surface area contributed by atoms with Crippen LogP contribution in [0.1, 0.15) is 189 Å². The predicted octanol–water partition coefficient (Wildman–Crippen LogP) is 28.5. The Kier molecular flexibility index (Phi) is 23.4. The Bertz CT molecular complexity index is 8230. The highest BCUT2D eigenvalue weighted by Gasteiger charge is 2.52. The van der Waals surface area contributed by atoms with Gasteiger partial charge in [-0.05, 0) is 654 Å². The second-order valence-corrected chi connectivity index (χ2v) is 46.9. The van der Waals surface area contributed by atoms with E-state index in [2.05, 4.69) is 495 Å². The van der Waals surface area contributed by atoms with Crippen LogP contribution >= 0.6 is 0 Å². The van der Waals surface area contributed by atoms with Gasteiger partial charge in [0, 0.05) is 139 Å². The van der Waals surface area contributed by atoms with Gasteiger partial charge in [0.25, 0.3) is 26.9 Å². The molecule has 17 aromatic carbocycles. The standard InChI is InChI=1S/C72H72B2N4.C41H43BN2.C25H27BN2/c1-37-19-67-71-69(21-37)77(57-27-47(11)53(17)48(12)28-57)65-36-66-62(35-61(65)73(71)59-31-39(3)41(5)33-63(59)75(67)55-23-43(7)51(15)44(8)24-55)74-60-32-40(4)42(6)34-64(60)76(56-25-45(9)52(16)46(10)26-56)68-20-38(2)22-70(72(68)74)78(66)58-29-49(13)54(18)50(14)30-58;1-22-12-39-41-40(13-22)44(34-16-29(8)32(11)30(9)17-34)38-21-26(5)24(3)19-36(38)42(41)35-18-23(2)25(4)20-37(35)43(39)33-14-27(6)31(10)28(7)15-33;1-14-8-23-25-24(9-14)28(7)22-13-18(5)16(3)11-20(22)26(25)19-10-15(2)17(4)12-21(19)27(23)6/h19-36H,1-18H3;12-21H,1-11H3;8-13H,1-7H3. The minimum atomic E-state index is -0.0491. The zero-order chi connectivity index (χ0) is 106. The van der Waals surface area contributed by atoms with Crippen LogP contribution in [0.15, 0.2) is 206 Å². The first-order valence-electron chi connectivity index (χ1n) is 54.4. The normalized spacial score (nSPS) is 13.6. The first-order chi connectivity index (χ1) is 71.2. The quantitative estimate of drug-likeness (QED) is 0.152. The lowest BCUT2D eigenvalue weighted by Crippen LogP contribution is -2.65. The van der Waals surface area contributed by atoms with Crippen molar-refractivity contribution in [3.05, 3.63) is 395 Å². The number of rotatable bonds is 6. The summed E-state index contributed by atoms with van der Waals surface area (Å²) in [6.45, 7) is 77.3. The highest BCUT2D eigenvalue weighted by molar-refractivity contribution is 7.04. The lowest BCUT2D eigenvalue weighted by molar-refractivity contribution is 1.16. The molecule has 0 radical (unpaired) electrons. The van der Waals surface area contributed by atoms with E-state index in [0.717, 1.165) is 0 Å². The maximum absolute atomic E-state index is 2.70. The van der Waals surface area contributed by atoms with E-state index in [4.69, 9.17) is 0 Å². The summed E-state index contributed by atoms with van der Waals surface area (Å²) in [5.41, 5.74) is 89.4. The third-order valence-corrected chi connectivity index (χ3v) is 37.2. The number of fused-ring (bicyclic) bond motifs is 16. The van der Waals surface area contributed by atoms with Gasteiger partial charge < -0.3 is 39.2 Å². The lowest BCUT2D eigenvalue weighted by atomic mass is 9.30. The largest absolute Gasteiger partial charge is 0.345 e. The van der Waals surface area contributed by atoms with Crippen LogP contribution in [0.4, 0.5) is 125 Å². The fraction of sp³-hybridized carbons (Fsp3) is 0.261. The Hall–Kier alpha value is -14.6. The Morgan fingerprint density at radius 1 is 0.120 bits per heavy atom. The summed E-state index contributed by atoms with van der Waals surface area (Å²) >= 11 is 0. The first-order valence-corrected chi connectivity index (χ1v) is 54.4. The predicted molar refractivity (Wildman–Crippen MR) is 656 cm³/mol. The molecule has 0 saturated heterocycles. The van der Waals surface area contributed by atoms with Gasteiger partial charge in [0.1, 0.15) is 0 Å². The van der Waals surface area contributed by atoms with E-state index in [1.807, 2.05) is 0 Å². The molecule has 0 spiro atoms. The van der Waals surface area contributed by atoms with Gasteiger partial charge in [-0.25, -0.2) is 0 Å². The minimum absolute atomic E-state index is 0.0491. The molecule has 0 N–H and O–H groups in total. The van der Waals surface area contributed by atoms with E-state index >= 15 is 0 Å². The molecule has 25 rings (SSSR count). The van der Waals surface area contributed by atoms with Crippen LogP contribution in [0, 0.1) is 235 Å². The van der Waals surface area contributed by atoms with Gasteiger partial charge in [-0.2, -0.15) is 0 Å². The fourth-order valence-electron chi connectivity index (χ4n) is 26.5. The van der Waals surface area contributed by atoms with Gasteiger partial charge in [-0.3, -0.25) is 0 Å². The van der Waals surface area contributed by atoms with Crippen LogP contribution < -0.4 is 105 Å². The van der Waals surface area contributed by atoms with Crippen molar-refractivity contribution in [2.45, 2.75) is 235 Å². The fourth-order valence-corrected chi connectivity index (χ4v) is 26.5. The zero-order valence-electron chi connectivity index (χ0n) is 95.5. The van der Waals surface area contributed by atoms with Crippen molar-refractivity contribution >= 4 is 218 Å². The molecule has 0 fully saturated rings. The monoisotopic (exact) mass is 1960 g/mol. The van der Waals surface area contributed by atoms with Gasteiger partial charge >= 0.3 is 0 Å². The molecule has 0 saturated carbocycles. The Balaban J connectivity index is 0.000000142. The van der Waals surface area contributed by atoms with E-state index in [0.29, 0.717) is 6.71 Å². The van der Waals surface area contributed by atoms with Gasteiger partial charge in [0.15, 0.2) is 0 Å². The van der Waals surface area contributed by atoms with Crippen molar-refractivity contribution in [3.8, 4) is 0 Å². The van der Waals surface area contributed by atoms with Gasteiger partial charge in [0.05, 0.1) is 0 Å². The van der Waals surface area contributed by atoms with E-state index in [-0.39, 0.29) is 20.1 Å². The average Bonchev–Trinajstić information content (AvgIpc) is 0.679. The highest BCUT2D eigenvalue weighted by Crippen LogP contribution is 2.54. The smallest absolute Gasteiger partial charge is 0.252 e. The molecule has 0 unspecified atom stereocenters. The molecule has 150 heavy (non-hydrogen) atoms. The summed E-state index contributed by atoms with van der Waals surface area (Å²) in [7, 11) is 4.43. The molecule has 0 aromatic heterocycles. The Labute approximate surface area is 895 Å². The summed E-state index contributed by atoms with van der Waals surface area (Å²) in [5, 5.41) is 0. The van der Waals surface area contributed by atoms with Gasteiger partial charge in [0.2, 0.25) is 0 Å². The summed E-state index contributed by atoms with van der Waals surface area (Å²) in [6, 6.07) is 83.1. The van der Waals surface area contributed by atoms with Crippen molar-refractivity contribution < 1.29 is 0 Å². The molecule has 0 atom stereocenters. The van der Waals surface area contributed by atoms with E-state index in [9.17, 15) is 0 Å². The van der Waals surface area contributed by atoms with Crippen molar-refractivity contribution in [1.29, 1.82) is 0 Å². The van der Waals surface area contributed by atoms with Crippen LogP contribution in [0.2, 0.25) is 0 Å². The third kappa shape index (κ3) is 15.1. The van der Waals surface area contributed by atoms with Crippen LogP contribution in [0.5, 0.6) is 0 Å². The van der Waals surface area contributed by atoms with Crippen LogP contribution in [-0.4, -0.2) is 40.9 Å². The molecule has 8 nitrogen and oxygen atoms in total. The number of benzene rings is 17. The molecule has 8 aliphatic heterocycles. The summed E-state index contributed by atoms with van der Waals surface area (Å²) in [4.78, 5) is 20.4. The van der Waals surface area contributed by atoms with Crippen molar-refractivity contribution in [3.63, 3.8) is 0 Å². The third-order valence-electron chi connectivity index (χ3n) is 37.2. The SMILES string of the molecule is Cc1cc2c3c(c1)N(C)c1cc(C)c(C)cc1B3c1cc(C)c(C)cc1N2C.Cc1cc2c3c(c1)N(c1cc(C)c(C)c(C)c1)c1cc(C)c(C)cc1B3c1cc(C)c(C)cc1N2c1cc(C)c(C)c(C)c1.Cc1cc2c3c(c1)N(c1cc(C)c(C)c(C)c1)c1cc4c(cc1B3c1cc(C)c(C)cc1N2c1cc(C)c(C)c(C)c1)B1c2cc(C)c(C)cc2N(c2cc(C)c(C)c(C)c2)c2cc(C)cc(c21)N4c1cc(C)c(C)c(C)c1. The summed E-state index contributed by atoms with van der Waals surface area (Å²) in [6.07, 6.45) is 0. The maximum Gasteiger partial charge on any atom is 0.252 e. The second kappa shape index (κ2) is 35.5. The molecule has 0 aliphatic carbocycles. The molecule has 0 bridgehead atoms. The van der Waals surface area contributed by atoms with E-state index < -0.39 is 0 Å². The summed E-state index contributed by atoms with van der Waals surface area (Å²) in [5.74, 6) is 0. The maximum atomic E-state index is 2.70. The van der Waals surface area contributed by atoms with Crippen molar-refractivity contribution in [2.75, 3.05) is 53.3 Å². The highest BCUT2D eigenvalue weighted by atomic mass is 15.2. The van der Waals surface area contributed by atoms with Gasteiger partial charge in [-0.15, -0.1) is 0 Å². The van der Waals surface area contributed by atoms with Gasteiger partial charge in [-0.1, -0.05) is 42.5 Å². The summed E-state index contributed by atoms with van der Waals surface area (Å²) < 4.78 is 0. The molecular formula is C138H142B4N8. The Morgan fingerprint density at radius 3 is 0.433 bits per heavy atom. The van der Waals surface area contributed by atoms with Crippen LogP contribution in [0.25, 0.3) is 0 Å². The molecule has 12 heteroatoms. The number of aryl methyl sites for hydroxylation is 28. The van der Waals surface area contributed by atoms with Crippen LogP contribution in [0.3, 0.4) is 0 Å². The van der Waals surface area contributed by atoms with Crippen molar-refractivity contribution in [2.24, 2.45) is 0 Å². The molecule has 17 aromatic rings. The minimum Gasteiger partial charge on any atom is -0.345 e. The average molecular weight is 1960 g/mol. The van der Waals surface area contributed by atoms with E-state index in [1.165, 1.54) is 380 Å². The molecule has 0 amide bonds. The topological polar surface area (TPSA) is 25.9 Å². The molecule has 8 aliphatic rings. The molecule has 746 valence electrons. The van der Waals surface area contributed by atoms with E-state index in [1.54, 1.807) is 0 Å². The number of hydrogen-bond acceptors (Lipinski definition) is 8. The van der Waals surface area contributed by atoms with Crippen LogP contribution in [-0.2, 0) is 0 Å². The number of hydrogen-bond donors (Lipinski definition) is 0. The lowest BCUT2D eigenvalue weighted by Gasteiger charge is -2.48. The molecular weight excluding hydrogens is 1810 g/mol. The molecule has 8 heterocycles. The van der Waals surface area contributed by atoms with Crippen molar-refractivity contribution in [1.82, 2.24) is 0 Å². The number of nitrogens with zero attached hydrogens (tertiary/aromatic N) is 8. The Morgan fingerprint density at radius 2 is 0.253 bits per heavy atom. The first kappa shape index (κ1) is 98.7. The second-order valence-electron chi connectivity index (χ2n) is 46.9.